The average molecular weight is 322 g/mol. The molecule has 0 radical (unpaired) electrons. The highest BCUT2D eigenvalue weighted by Crippen LogP contribution is 2.08. The van der Waals surface area contributed by atoms with Crippen molar-refractivity contribution in [1.29, 1.82) is 0 Å². The van der Waals surface area contributed by atoms with Gasteiger partial charge in [-0.15, -0.1) is 0 Å². The Morgan fingerprint density at radius 3 is 2.00 bits per heavy atom. The van der Waals surface area contributed by atoms with Crippen LogP contribution in [0.15, 0.2) is 59.5 Å². The Kier molecular flexibility index (Phi) is 7.80. The molecule has 0 spiro atoms. The zero-order chi connectivity index (χ0) is 16.4. The van der Waals surface area contributed by atoms with Crippen LogP contribution in [0.2, 0.25) is 0 Å². The second-order valence-corrected chi connectivity index (χ2v) is 6.38. The predicted octanol–water partition coefficient (Wildman–Crippen LogP) is 3.24. The maximum Gasteiger partial charge on any atom is 0.294 e. The summed E-state index contributed by atoms with van der Waals surface area (Å²) in [6, 6.07) is 16.4. The Bertz CT molecular complexity index is 634. The molecule has 120 valence electrons. The van der Waals surface area contributed by atoms with Crippen LogP contribution in [0.1, 0.15) is 24.0 Å². The highest BCUT2D eigenvalue weighted by molar-refractivity contribution is 7.85. The van der Waals surface area contributed by atoms with Gasteiger partial charge >= 0.3 is 0 Å². The van der Waals surface area contributed by atoms with Gasteiger partial charge in [0.1, 0.15) is 0 Å². The Morgan fingerprint density at radius 1 is 0.909 bits per heavy atom. The third-order valence-electron chi connectivity index (χ3n) is 3.04. The summed E-state index contributed by atoms with van der Waals surface area (Å²) >= 11 is 0. The van der Waals surface area contributed by atoms with Gasteiger partial charge < -0.3 is 5.11 Å². The van der Waals surface area contributed by atoms with Crippen molar-refractivity contribution in [2.24, 2.45) is 0 Å². The first kappa shape index (κ1) is 18.4. The number of rotatable bonds is 5. The summed E-state index contributed by atoms with van der Waals surface area (Å²) in [6.45, 7) is 2.15. The van der Waals surface area contributed by atoms with Crippen molar-refractivity contribution in [1.82, 2.24) is 0 Å². The van der Waals surface area contributed by atoms with Crippen LogP contribution in [0, 0.1) is 6.92 Å². The van der Waals surface area contributed by atoms with E-state index in [4.69, 9.17) is 9.66 Å². The normalized spacial score (nSPS) is 10.7. The molecule has 0 unspecified atom stereocenters. The lowest BCUT2D eigenvalue weighted by Gasteiger charge is -1.97. The van der Waals surface area contributed by atoms with Crippen molar-refractivity contribution in [2.75, 3.05) is 6.61 Å². The number of aryl methyl sites for hydroxylation is 2. The van der Waals surface area contributed by atoms with Gasteiger partial charge in [0.05, 0.1) is 4.90 Å². The van der Waals surface area contributed by atoms with E-state index < -0.39 is 10.1 Å². The molecule has 5 heteroatoms. The van der Waals surface area contributed by atoms with Crippen LogP contribution in [0.3, 0.4) is 0 Å². The SMILES string of the molecule is Cc1ccc(S(=O)(=O)O)cc1.OCCCCc1ccccc1. The van der Waals surface area contributed by atoms with Crippen LogP contribution in [-0.2, 0) is 16.5 Å². The van der Waals surface area contributed by atoms with Crippen LogP contribution in [0.25, 0.3) is 0 Å². The molecular weight excluding hydrogens is 300 g/mol. The number of hydrogen-bond acceptors (Lipinski definition) is 3. The van der Waals surface area contributed by atoms with Crippen LogP contribution in [0.5, 0.6) is 0 Å². The molecule has 0 atom stereocenters. The van der Waals surface area contributed by atoms with E-state index in [0.29, 0.717) is 6.61 Å². The van der Waals surface area contributed by atoms with E-state index in [0.717, 1.165) is 24.8 Å². The first-order valence-corrected chi connectivity index (χ1v) is 8.56. The summed E-state index contributed by atoms with van der Waals surface area (Å²) in [7, 11) is -4.02. The van der Waals surface area contributed by atoms with E-state index in [1.165, 1.54) is 17.7 Å². The zero-order valence-corrected chi connectivity index (χ0v) is 13.5. The van der Waals surface area contributed by atoms with Gasteiger partial charge in [0, 0.05) is 6.61 Å². The van der Waals surface area contributed by atoms with E-state index in [2.05, 4.69) is 12.1 Å². The topological polar surface area (TPSA) is 74.6 Å². The fraction of sp³-hybridized carbons (Fsp3) is 0.294. The molecule has 4 nitrogen and oxygen atoms in total. The number of aliphatic hydroxyl groups is 1. The van der Waals surface area contributed by atoms with Crippen LogP contribution in [-0.4, -0.2) is 24.7 Å². The van der Waals surface area contributed by atoms with E-state index in [1.54, 1.807) is 12.1 Å². The molecule has 0 heterocycles. The fourth-order valence-corrected chi connectivity index (χ4v) is 2.28. The smallest absolute Gasteiger partial charge is 0.294 e. The van der Waals surface area contributed by atoms with E-state index >= 15 is 0 Å². The van der Waals surface area contributed by atoms with E-state index in [1.807, 2.05) is 25.1 Å². The van der Waals surface area contributed by atoms with Crippen molar-refractivity contribution in [3.05, 3.63) is 65.7 Å². The van der Waals surface area contributed by atoms with Gasteiger partial charge in [-0.05, 0) is 43.9 Å². The van der Waals surface area contributed by atoms with Gasteiger partial charge in [-0.1, -0.05) is 48.0 Å². The minimum absolute atomic E-state index is 0.0666. The first-order chi connectivity index (χ1) is 10.4. The highest BCUT2D eigenvalue weighted by Gasteiger charge is 2.06. The summed E-state index contributed by atoms with van der Waals surface area (Å²) in [5, 5.41) is 8.54. The number of benzene rings is 2. The number of hydrogen-bond donors (Lipinski definition) is 2. The summed E-state index contributed by atoms with van der Waals surface area (Å²) in [5.74, 6) is 0. The molecule has 2 rings (SSSR count). The average Bonchev–Trinajstić information content (AvgIpc) is 2.49. The minimum Gasteiger partial charge on any atom is -0.396 e. The summed E-state index contributed by atoms with van der Waals surface area (Å²) in [4.78, 5) is -0.0666. The highest BCUT2D eigenvalue weighted by atomic mass is 32.2. The van der Waals surface area contributed by atoms with Crippen LogP contribution < -0.4 is 0 Å². The molecule has 2 aromatic carbocycles. The van der Waals surface area contributed by atoms with Crippen LogP contribution >= 0.6 is 0 Å². The molecule has 0 aliphatic rings. The summed E-state index contributed by atoms with van der Waals surface area (Å²) in [6.07, 6.45) is 3.08. The maximum atomic E-state index is 10.5. The quantitative estimate of drug-likeness (QED) is 0.654. The second-order valence-electron chi connectivity index (χ2n) is 4.95. The summed E-state index contributed by atoms with van der Waals surface area (Å²) < 4.78 is 29.6. The molecule has 0 aromatic heterocycles. The molecule has 0 saturated carbocycles. The molecule has 2 N–H and O–H groups in total. The van der Waals surface area contributed by atoms with Gasteiger partial charge in [-0.3, -0.25) is 4.55 Å². The zero-order valence-electron chi connectivity index (χ0n) is 12.6. The standard InChI is InChI=1S/C10H14O.C7H8O3S/c11-9-5-4-8-10-6-2-1-3-7-10;1-6-2-4-7(5-3-6)11(8,9)10/h1-3,6-7,11H,4-5,8-9H2;2-5H,1H3,(H,8,9,10). The van der Waals surface area contributed by atoms with Gasteiger partial charge in [0.15, 0.2) is 0 Å². The lowest BCUT2D eigenvalue weighted by Crippen LogP contribution is -1.96. The van der Waals surface area contributed by atoms with Gasteiger partial charge in [0.2, 0.25) is 0 Å². The molecular formula is C17H22O4S. The molecule has 0 aliphatic heterocycles. The minimum atomic E-state index is -4.02. The predicted molar refractivity (Wildman–Crippen MR) is 87.5 cm³/mol. The monoisotopic (exact) mass is 322 g/mol. The Balaban J connectivity index is 0.000000220. The van der Waals surface area contributed by atoms with Crippen molar-refractivity contribution in [2.45, 2.75) is 31.1 Å². The van der Waals surface area contributed by atoms with Crippen molar-refractivity contribution in [3.63, 3.8) is 0 Å². The number of unbranched alkanes of at least 4 members (excludes halogenated alkanes) is 1. The third kappa shape index (κ3) is 7.36. The lowest BCUT2D eigenvalue weighted by atomic mass is 10.1. The van der Waals surface area contributed by atoms with Gasteiger partial charge in [-0.25, -0.2) is 0 Å². The molecule has 0 amide bonds. The molecule has 22 heavy (non-hydrogen) atoms. The summed E-state index contributed by atoms with van der Waals surface area (Å²) in [5.41, 5.74) is 2.32. The van der Waals surface area contributed by atoms with Gasteiger partial charge in [-0.2, -0.15) is 8.42 Å². The van der Waals surface area contributed by atoms with Crippen molar-refractivity contribution < 1.29 is 18.1 Å². The molecule has 0 fully saturated rings. The molecule has 0 aliphatic carbocycles. The maximum absolute atomic E-state index is 10.5. The van der Waals surface area contributed by atoms with Crippen molar-refractivity contribution in [3.8, 4) is 0 Å². The molecule has 0 saturated heterocycles. The van der Waals surface area contributed by atoms with E-state index in [9.17, 15) is 8.42 Å². The van der Waals surface area contributed by atoms with E-state index in [-0.39, 0.29) is 4.90 Å². The van der Waals surface area contributed by atoms with Crippen LogP contribution in [0.4, 0.5) is 0 Å². The second kappa shape index (κ2) is 9.35. The van der Waals surface area contributed by atoms with Gasteiger partial charge in [0.25, 0.3) is 10.1 Å². The molecule has 0 bridgehead atoms. The number of aliphatic hydroxyl groups excluding tert-OH is 1. The third-order valence-corrected chi connectivity index (χ3v) is 3.90. The molecule has 2 aromatic rings. The first-order valence-electron chi connectivity index (χ1n) is 7.12. The Morgan fingerprint density at radius 2 is 1.50 bits per heavy atom. The largest absolute Gasteiger partial charge is 0.396 e. The lowest BCUT2D eigenvalue weighted by molar-refractivity contribution is 0.284. The van der Waals surface area contributed by atoms with Crippen molar-refractivity contribution >= 4 is 10.1 Å². The Hall–Kier alpha value is -1.69. The Labute approximate surface area is 132 Å². The fourth-order valence-electron chi connectivity index (χ4n) is 1.80.